The summed E-state index contributed by atoms with van der Waals surface area (Å²) in [6, 6.07) is 6.01. The molecule has 0 saturated carbocycles. The summed E-state index contributed by atoms with van der Waals surface area (Å²) in [7, 11) is 0. The molecule has 3 nitrogen and oxygen atoms in total. The second-order valence-corrected chi connectivity index (χ2v) is 5.77. The SMILES string of the molecule is CC1CC(C(Cl)c2ccc3c(c2)OCCCO3)CO1. The molecule has 0 bridgehead atoms. The van der Waals surface area contributed by atoms with Crippen molar-refractivity contribution in [2.45, 2.75) is 31.2 Å². The summed E-state index contributed by atoms with van der Waals surface area (Å²) in [5.74, 6) is 2.01. The van der Waals surface area contributed by atoms with E-state index in [1.807, 2.05) is 18.2 Å². The summed E-state index contributed by atoms with van der Waals surface area (Å²) in [5, 5.41) is -0.0258. The second-order valence-electron chi connectivity index (χ2n) is 5.30. The molecule has 1 saturated heterocycles. The van der Waals surface area contributed by atoms with Crippen LogP contribution >= 0.6 is 11.6 Å². The standard InChI is InChI=1S/C15H19ClO3/c1-10-7-12(9-19-10)15(16)11-3-4-13-14(8-11)18-6-2-5-17-13/h3-4,8,10,12,15H,2,5-7,9H2,1H3. The summed E-state index contributed by atoms with van der Waals surface area (Å²) in [4.78, 5) is 0. The molecule has 0 aromatic heterocycles. The van der Waals surface area contributed by atoms with E-state index >= 15 is 0 Å². The third kappa shape index (κ3) is 2.82. The van der Waals surface area contributed by atoms with Gasteiger partial charge in [-0.2, -0.15) is 0 Å². The van der Waals surface area contributed by atoms with Crippen molar-refractivity contribution in [2.24, 2.45) is 5.92 Å². The molecule has 2 aliphatic heterocycles. The Morgan fingerprint density at radius 2 is 2.00 bits per heavy atom. The Kier molecular flexibility index (Phi) is 3.85. The predicted molar refractivity (Wildman–Crippen MR) is 74.2 cm³/mol. The summed E-state index contributed by atoms with van der Waals surface area (Å²) in [6.07, 6.45) is 2.25. The van der Waals surface area contributed by atoms with Gasteiger partial charge in [-0.3, -0.25) is 0 Å². The molecule has 0 amide bonds. The van der Waals surface area contributed by atoms with Crippen molar-refractivity contribution >= 4 is 11.6 Å². The number of hydrogen-bond acceptors (Lipinski definition) is 3. The first-order valence-electron chi connectivity index (χ1n) is 6.89. The average Bonchev–Trinajstić information content (AvgIpc) is 2.72. The Balaban J connectivity index is 1.79. The highest BCUT2D eigenvalue weighted by molar-refractivity contribution is 6.21. The van der Waals surface area contributed by atoms with E-state index in [-0.39, 0.29) is 5.38 Å². The van der Waals surface area contributed by atoms with E-state index in [9.17, 15) is 0 Å². The molecule has 1 fully saturated rings. The molecule has 0 aliphatic carbocycles. The monoisotopic (exact) mass is 282 g/mol. The number of halogens is 1. The molecule has 2 heterocycles. The molecule has 1 aromatic rings. The van der Waals surface area contributed by atoms with Crippen LogP contribution in [0, 0.1) is 5.92 Å². The van der Waals surface area contributed by atoms with Crippen molar-refractivity contribution in [3.63, 3.8) is 0 Å². The van der Waals surface area contributed by atoms with E-state index in [2.05, 4.69) is 6.92 Å². The zero-order chi connectivity index (χ0) is 13.2. The quantitative estimate of drug-likeness (QED) is 0.777. The van der Waals surface area contributed by atoms with Gasteiger partial charge in [-0.1, -0.05) is 6.07 Å². The molecule has 0 radical (unpaired) electrons. The van der Waals surface area contributed by atoms with Crippen molar-refractivity contribution in [3.05, 3.63) is 23.8 Å². The molecule has 4 heteroatoms. The Labute approximate surface area is 118 Å². The number of rotatable bonds is 2. The lowest BCUT2D eigenvalue weighted by Gasteiger charge is -2.17. The van der Waals surface area contributed by atoms with Crippen molar-refractivity contribution in [1.82, 2.24) is 0 Å². The first-order valence-corrected chi connectivity index (χ1v) is 7.33. The fourth-order valence-electron chi connectivity index (χ4n) is 2.68. The maximum atomic E-state index is 6.58. The van der Waals surface area contributed by atoms with Crippen molar-refractivity contribution in [2.75, 3.05) is 19.8 Å². The fourth-order valence-corrected chi connectivity index (χ4v) is 2.99. The Morgan fingerprint density at radius 3 is 2.74 bits per heavy atom. The Bertz CT molecular complexity index is 449. The van der Waals surface area contributed by atoms with Crippen LogP contribution in [0.2, 0.25) is 0 Å². The third-order valence-electron chi connectivity index (χ3n) is 3.73. The van der Waals surface area contributed by atoms with Gasteiger partial charge in [0.05, 0.1) is 31.3 Å². The van der Waals surface area contributed by atoms with Crippen molar-refractivity contribution in [3.8, 4) is 11.5 Å². The van der Waals surface area contributed by atoms with Crippen LogP contribution in [0.5, 0.6) is 11.5 Å². The Morgan fingerprint density at radius 1 is 1.21 bits per heavy atom. The topological polar surface area (TPSA) is 27.7 Å². The molecule has 1 aromatic carbocycles. The minimum absolute atomic E-state index is 0.0258. The van der Waals surface area contributed by atoms with E-state index in [0.29, 0.717) is 25.2 Å². The Hall–Kier alpha value is -0.930. The smallest absolute Gasteiger partial charge is 0.161 e. The van der Waals surface area contributed by atoms with E-state index in [1.54, 1.807) is 0 Å². The predicted octanol–water partition coefficient (Wildman–Crippen LogP) is 3.55. The zero-order valence-corrected chi connectivity index (χ0v) is 11.9. The molecule has 2 aliphatic rings. The number of ether oxygens (including phenoxy) is 3. The normalized spacial score (nSPS) is 27.9. The van der Waals surface area contributed by atoms with E-state index in [0.717, 1.165) is 36.5 Å². The van der Waals surface area contributed by atoms with E-state index < -0.39 is 0 Å². The number of hydrogen-bond donors (Lipinski definition) is 0. The van der Waals surface area contributed by atoms with Gasteiger partial charge in [0.1, 0.15) is 0 Å². The summed E-state index contributed by atoms with van der Waals surface area (Å²) in [6.45, 7) is 4.25. The maximum absolute atomic E-state index is 6.58. The highest BCUT2D eigenvalue weighted by Gasteiger charge is 2.30. The maximum Gasteiger partial charge on any atom is 0.161 e. The van der Waals surface area contributed by atoms with Gasteiger partial charge in [-0.05, 0) is 31.0 Å². The van der Waals surface area contributed by atoms with Gasteiger partial charge in [-0.15, -0.1) is 11.6 Å². The first-order chi connectivity index (χ1) is 9.24. The van der Waals surface area contributed by atoms with Crippen LogP contribution in [0.25, 0.3) is 0 Å². The minimum atomic E-state index is -0.0258. The zero-order valence-electron chi connectivity index (χ0n) is 11.1. The first kappa shape index (κ1) is 13.1. The molecule has 0 spiro atoms. The molecule has 3 atom stereocenters. The average molecular weight is 283 g/mol. The largest absolute Gasteiger partial charge is 0.490 e. The molecule has 0 N–H and O–H groups in total. The van der Waals surface area contributed by atoms with Gasteiger partial charge < -0.3 is 14.2 Å². The van der Waals surface area contributed by atoms with Gasteiger partial charge in [0.15, 0.2) is 11.5 Å². The lowest BCUT2D eigenvalue weighted by atomic mass is 9.96. The summed E-state index contributed by atoms with van der Waals surface area (Å²) < 4.78 is 16.9. The molecular weight excluding hydrogens is 264 g/mol. The highest BCUT2D eigenvalue weighted by atomic mass is 35.5. The molecule has 3 rings (SSSR count). The number of benzene rings is 1. The lowest BCUT2D eigenvalue weighted by molar-refractivity contribution is 0.120. The van der Waals surface area contributed by atoms with Crippen molar-refractivity contribution in [1.29, 1.82) is 0 Å². The van der Waals surface area contributed by atoms with Crippen LogP contribution in [0.1, 0.15) is 30.7 Å². The van der Waals surface area contributed by atoms with Crippen LogP contribution in [0.15, 0.2) is 18.2 Å². The molecule has 3 unspecified atom stereocenters. The van der Waals surface area contributed by atoms with Crippen LogP contribution in [-0.2, 0) is 4.74 Å². The van der Waals surface area contributed by atoms with Crippen molar-refractivity contribution < 1.29 is 14.2 Å². The molecule has 104 valence electrons. The number of alkyl halides is 1. The molecule has 19 heavy (non-hydrogen) atoms. The van der Waals surface area contributed by atoms with Gasteiger partial charge >= 0.3 is 0 Å². The van der Waals surface area contributed by atoms with Crippen LogP contribution in [0.3, 0.4) is 0 Å². The van der Waals surface area contributed by atoms with E-state index in [4.69, 9.17) is 25.8 Å². The second kappa shape index (κ2) is 5.59. The van der Waals surface area contributed by atoms with Crippen LogP contribution < -0.4 is 9.47 Å². The van der Waals surface area contributed by atoms with Crippen LogP contribution in [-0.4, -0.2) is 25.9 Å². The summed E-state index contributed by atoms with van der Waals surface area (Å²) >= 11 is 6.58. The van der Waals surface area contributed by atoms with Crippen LogP contribution in [0.4, 0.5) is 0 Å². The number of fused-ring (bicyclic) bond motifs is 1. The molecular formula is C15H19ClO3. The third-order valence-corrected chi connectivity index (χ3v) is 4.34. The van der Waals surface area contributed by atoms with E-state index in [1.165, 1.54) is 0 Å². The van der Waals surface area contributed by atoms with Gasteiger partial charge in [-0.25, -0.2) is 0 Å². The van der Waals surface area contributed by atoms with Gasteiger partial charge in [0.2, 0.25) is 0 Å². The summed E-state index contributed by atoms with van der Waals surface area (Å²) in [5.41, 5.74) is 1.09. The highest BCUT2D eigenvalue weighted by Crippen LogP contribution is 2.40. The van der Waals surface area contributed by atoms with Gasteiger partial charge in [0, 0.05) is 12.3 Å². The van der Waals surface area contributed by atoms with Gasteiger partial charge in [0.25, 0.3) is 0 Å². The lowest BCUT2D eigenvalue weighted by Crippen LogP contribution is -2.08. The fraction of sp³-hybridized carbons (Fsp3) is 0.600. The minimum Gasteiger partial charge on any atom is -0.490 e.